The van der Waals surface area contributed by atoms with E-state index in [0.717, 1.165) is 11.5 Å². The molecular formula is C13H19NO3S. The molecule has 1 aromatic carbocycles. The van der Waals surface area contributed by atoms with Crippen LogP contribution >= 0.6 is 11.8 Å². The molecule has 1 atom stereocenters. The van der Waals surface area contributed by atoms with Crippen LogP contribution in [0, 0.1) is 0 Å². The second-order valence-corrected chi connectivity index (χ2v) is 5.24. The molecule has 100 valence electrons. The molecule has 0 aromatic heterocycles. The van der Waals surface area contributed by atoms with Gasteiger partial charge in [-0.05, 0) is 24.8 Å². The zero-order valence-corrected chi connectivity index (χ0v) is 11.7. The average Bonchev–Trinajstić information content (AvgIpc) is 2.35. The fourth-order valence-corrected chi connectivity index (χ4v) is 2.23. The summed E-state index contributed by atoms with van der Waals surface area (Å²) in [5, 5.41) is 12.4. The number of carboxylic acid groups (broad SMARTS) is 1. The van der Waals surface area contributed by atoms with Gasteiger partial charge in [-0.2, -0.15) is 11.8 Å². The van der Waals surface area contributed by atoms with Crippen molar-refractivity contribution in [3.05, 3.63) is 23.8 Å². The standard InChI is InChI=1S/C13H19NO3S/c1-4-18-8-9(2)14-12-7-10(17-3)5-6-11(12)13(15)16/h5-7,9,14H,4,8H2,1-3H3,(H,15,16). The van der Waals surface area contributed by atoms with E-state index < -0.39 is 5.97 Å². The maximum absolute atomic E-state index is 11.1. The summed E-state index contributed by atoms with van der Waals surface area (Å²) in [6.07, 6.45) is 0. The number of rotatable bonds is 7. The zero-order chi connectivity index (χ0) is 13.5. The molecule has 0 aliphatic rings. The van der Waals surface area contributed by atoms with Gasteiger partial charge in [0.25, 0.3) is 0 Å². The fraction of sp³-hybridized carbons (Fsp3) is 0.462. The number of anilines is 1. The normalized spacial score (nSPS) is 11.9. The molecule has 0 spiro atoms. The van der Waals surface area contributed by atoms with E-state index in [-0.39, 0.29) is 11.6 Å². The molecule has 0 heterocycles. The van der Waals surface area contributed by atoms with Crippen LogP contribution in [0.3, 0.4) is 0 Å². The number of thioether (sulfide) groups is 1. The minimum Gasteiger partial charge on any atom is -0.497 e. The van der Waals surface area contributed by atoms with Gasteiger partial charge in [-0.1, -0.05) is 6.92 Å². The molecule has 5 heteroatoms. The molecule has 4 nitrogen and oxygen atoms in total. The van der Waals surface area contributed by atoms with E-state index in [4.69, 9.17) is 9.84 Å². The minimum absolute atomic E-state index is 0.208. The Kier molecular flexibility index (Phi) is 5.85. The van der Waals surface area contributed by atoms with Crippen LogP contribution in [-0.2, 0) is 0 Å². The molecule has 0 aliphatic heterocycles. The van der Waals surface area contributed by atoms with Crippen molar-refractivity contribution >= 4 is 23.4 Å². The third-order valence-electron chi connectivity index (χ3n) is 2.43. The Hall–Kier alpha value is -1.36. The Morgan fingerprint density at radius 3 is 2.83 bits per heavy atom. The highest BCUT2D eigenvalue weighted by Crippen LogP contribution is 2.23. The van der Waals surface area contributed by atoms with E-state index in [2.05, 4.69) is 12.2 Å². The first kappa shape index (κ1) is 14.7. The van der Waals surface area contributed by atoms with Crippen molar-refractivity contribution in [1.82, 2.24) is 0 Å². The van der Waals surface area contributed by atoms with Crippen molar-refractivity contribution < 1.29 is 14.6 Å². The minimum atomic E-state index is -0.935. The maximum atomic E-state index is 11.1. The number of hydrogen-bond acceptors (Lipinski definition) is 4. The molecule has 2 N–H and O–H groups in total. The SMILES string of the molecule is CCSCC(C)Nc1cc(OC)ccc1C(=O)O. The molecule has 1 unspecified atom stereocenters. The summed E-state index contributed by atoms with van der Waals surface area (Å²) in [6, 6.07) is 5.14. The predicted octanol–water partition coefficient (Wildman–Crippen LogP) is 2.95. The number of hydrogen-bond donors (Lipinski definition) is 2. The van der Waals surface area contributed by atoms with Gasteiger partial charge in [0.15, 0.2) is 0 Å². The Labute approximate surface area is 112 Å². The van der Waals surface area contributed by atoms with E-state index in [1.807, 2.05) is 18.7 Å². The Balaban J connectivity index is 2.86. The van der Waals surface area contributed by atoms with Crippen molar-refractivity contribution in [1.29, 1.82) is 0 Å². The number of carboxylic acids is 1. The smallest absolute Gasteiger partial charge is 0.337 e. The van der Waals surface area contributed by atoms with E-state index in [9.17, 15) is 4.79 Å². The van der Waals surface area contributed by atoms with Gasteiger partial charge in [0.1, 0.15) is 5.75 Å². The van der Waals surface area contributed by atoms with Gasteiger partial charge in [-0.3, -0.25) is 0 Å². The highest BCUT2D eigenvalue weighted by Gasteiger charge is 2.13. The quantitative estimate of drug-likeness (QED) is 0.797. The summed E-state index contributed by atoms with van der Waals surface area (Å²) < 4.78 is 5.11. The molecule has 0 bridgehead atoms. The number of methoxy groups -OCH3 is 1. The summed E-state index contributed by atoms with van der Waals surface area (Å²) in [5.74, 6) is 1.70. The van der Waals surface area contributed by atoms with Crippen molar-refractivity contribution in [3.8, 4) is 5.75 Å². The number of nitrogens with one attached hydrogen (secondary N) is 1. The molecular weight excluding hydrogens is 250 g/mol. The number of aromatic carboxylic acids is 1. The van der Waals surface area contributed by atoms with Gasteiger partial charge in [0, 0.05) is 17.9 Å². The van der Waals surface area contributed by atoms with Crippen LogP contribution in [0.1, 0.15) is 24.2 Å². The largest absolute Gasteiger partial charge is 0.497 e. The monoisotopic (exact) mass is 269 g/mol. The summed E-state index contributed by atoms with van der Waals surface area (Å²) >= 11 is 1.82. The van der Waals surface area contributed by atoms with Crippen LogP contribution in [-0.4, -0.2) is 35.7 Å². The van der Waals surface area contributed by atoms with E-state index in [1.54, 1.807) is 25.3 Å². The molecule has 0 aliphatic carbocycles. The van der Waals surface area contributed by atoms with Crippen LogP contribution in [0.2, 0.25) is 0 Å². The first-order chi connectivity index (χ1) is 8.58. The van der Waals surface area contributed by atoms with Crippen LogP contribution in [0.15, 0.2) is 18.2 Å². The molecule has 0 saturated heterocycles. The number of ether oxygens (including phenoxy) is 1. The highest BCUT2D eigenvalue weighted by molar-refractivity contribution is 7.99. The van der Waals surface area contributed by atoms with Gasteiger partial charge in [0.2, 0.25) is 0 Å². The first-order valence-corrected chi connectivity index (χ1v) is 6.99. The Bertz CT molecular complexity index is 409. The second kappa shape index (κ2) is 7.16. The average molecular weight is 269 g/mol. The maximum Gasteiger partial charge on any atom is 0.337 e. The fourth-order valence-electron chi connectivity index (χ4n) is 1.56. The van der Waals surface area contributed by atoms with Crippen molar-refractivity contribution in [2.75, 3.05) is 23.9 Å². The molecule has 0 amide bonds. The Morgan fingerprint density at radius 1 is 1.56 bits per heavy atom. The molecule has 1 rings (SSSR count). The van der Waals surface area contributed by atoms with Gasteiger partial charge < -0.3 is 15.2 Å². The summed E-state index contributed by atoms with van der Waals surface area (Å²) in [7, 11) is 1.57. The number of carbonyl (C=O) groups is 1. The lowest BCUT2D eigenvalue weighted by Gasteiger charge is -2.17. The van der Waals surface area contributed by atoms with Crippen molar-refractivity contribution in [2.24, 2.45) is 0 Å². The lowest BCUT2D eigenvalue weighted by Crippen LogP contribution is -2.20. The lowest BCUT2D eigenvalue weighted by molar-refractivity contribution is 0.0698. The van der Waals surface area contributed by atoms with Gasteiger partial charge >= 0.3 is 5.97 Å². The van der Waals surface area contributed by atoms with Gasteiger partial charge in [0.05, 0.1) is 18.4 Å². The van der Waals surface area contributed by atoms with Gasteiger partial charge in [-0.15, -0.1) is 0 Å². The second-order valence-electron chi connectivity index (χ2n) is 3.92. The molecule has 1 aromatic rings. The van der Waals surface area contributed by atoms with Crippen LogP contribution in [0.5, 0.6) is 5.75 Å². The zero-order valence-electron chi connectivity index (χ0n) is 10.9. The summed E-state index contributed by atoms with van der Waals surface area (Å²) in [5.41, 5.74) is 0.871. The predicted molar refractivity (Wildman–Crippen MR) is 76.0 cm³/mol. The van der Waals surface area contributed by atoms with E-state index in [0.29, 0.717) is 11.4 Å². The molecule has 18 heavy (non-hydrogen) atoms. The van der Waals surface area contributed by atoms with Crippen LogP contribution in [0.4, 0.5) is 5.69 Å². The molecule has 0 fully saturated rings. The summed E-state index contributed by atoms with van der Waals surface area (Å²) in [4.78, 5) is 11.1. The first-order valence-electron chi connectivity index (χ1n) is 5.84. The van der Waals surface area contributed by atoms with Crippen LogP contribution < -0.4 is 10.1 Å². The van der Waals surface area contributed by atoms with Gasteiger partial charge in [-0.25, -0.2) is 4.79 Å². The highest BCUT2D eigenvalue weighted by atomic mass is 32.2. The lowest BCUT2D eigenvalue weighted by atomic mass is 10.1. The third kappa shape index (κ3) is 4.14. The van der Waals surface area contributed by atoms with Crippen LogP contribution in [0.25, 0.3) is 0 Å². The van der Waals surface area contributed by atoms with Crippen molar-refractivity contribution in [3.63, 3.8) is 0 Å². The summed E-state index contributed by atoms with van der Waals surface area (Å²) in [6.45, 7) is 4.14. The Morgan fingerprint density at radius 2 is 2.28 bits per heavy atom. The topological polar surface area (TPSA) is 58.6 Å². The number of benzene rings is 1. The molecule has 0 radical (unpaired) electrons. The van der Waals surface area contributed by atoms with E-state index >= 15 is 0 Å². The van der Waals surface area contributed by atoms with E-state index in [1.165, 1.54) is 0 Å². The van der Waals surface area contributed by atoms with Crippen molar-refractivity contribution in [2.45, 2.75) is 19.9 Å². The third-order valence-corrected chi connectivity index (χ3v) is 3.57. The molecule has 0 saturated carbocycles.